The number of nitrogens with zero attached hydrogens (tertiary/aromatic N) is 1. The van der Waals surface area contributed by atoms with E-state index in [0.29, 0.717) is 6.61 Å². The molecule has 5 nitrogen and oxygen atoms in total. The maximum atomic E-state index is 5.28. The van der Waals surface area contributed by atoms with Crippen LogP contribution >= 0.6 is 0 Å². The number of rotatable bonds is 11. The highest BCUT2D eigenvalue weighted by atomic mass is 16.5. The van der Waals surface area contributed by atoms with Crippen molar-refractivity contribution < 1.29 is 9.47 Å². The maximum Gasteiger partial charge on any atom is 0.191 e. The molecule has 0 aliphatic rings. The number of hydrogen-bond donors (Lipinski definition) is 2. The van der Waals surface area contributed by atoms with Gasteiger partial charge in [0.1, 0.15) is 0 Å². The first-order valence-electron chi connectivity index (χ1n) is 7.02. The Balaban J connectivity index is 3.64. The molecular formula is C13H29N3O2. The average molecular weight is 259 g/mol. The van der Waals surface area contributed by atoms with Crippen LogP contribution in [-0.2, 0) is 9.47 Å². The molecule has 0 aliphatic carbocycles. The van der Waals surface area contributed by atoms with Gasteiger partial charge in [0, 0.05) is 39.5 Å². The van der Waals surface area contributed by atoms with E-state index >= 15 is 0 Å². The van der Waals surface area contributed by atoms with Crippen LogP contribution in [0.5, 0.6) is 0 Å². The molecular weight excluding hydrogens is 230 g/mol. The Morgan fingerprint density at radius 3 is 2.33 bits per heavy atom. The molecule has 18 heavy (non-hydrogen) atoms. The van der Waals surface area contributed by atoms with Crippen LogP contribution in [0.4, 0.5) is 0 Å². The van der Waals surface area contributed by atoms with Gasteiger partial charge in [-0.15, -0.1) is 0 Å². The molecule has 0 radical (unpaired) electrons. The van der Waals surface area contributed by atoms with Crippen LogP contribution in [-0.4, -0.2) is 52.0 Å². The Hall–Kier alpha value is -0.810. The summed E-state index contributed by atoms with van der Waals surface area (Å²) in [5.41, 5.74) is 0. The van der Waals surface area contributed by atoms with Gasteiger partial charge in [0.05, 0.1) is 6.61 Å². The third kappa shape index (κ3) is 11.7. The minimum absolute atomic E-state index is 0.714. The van der Waals surface area contributed by atoms with E-state index in [2.05, 4.69) is 22.5 Å². The van der Waals surface area contributed by atoms with Crippen molar-refractivity contribution in [2.75, 3.05) is 46.1 Å². The minimum atomic E-state index is 0.714. The standard InChI is InChI=1S/C13H29N3O2/c1-4-14-13(16-10-12-18-6-3)15-9-7-8-11-17-5-2/h4-12H2,1-3H3,(H2,14,15,16). The number of hydrogen-bond acceptors (Lipinski definition) is 3. The largest absolute Gasteiger partial charge is 0.382 e. The van der Waals surface area contributed by atoms with E-state index < -0.39 is 0 Å². The highest BCUT2D eigenvalue weighted by Crippen LogP contribution is 1.91. The highest BCUT2D eigenvalue weighted by molar-refractivity contribution is 5.79. The van der Waals surface area contributed by atoms with E-state index in [0.717, 1.165) is 58.3 Å². The van der Waals surface area contributed by atoms with E-state index in [4.69, 9.17) is 9.47 Å². The zero-order valence-electron chi connectivity index (χ0n) is 12.1. The molecule has 0 aromatic heterocycles. The van der Waals surface area contributed by atoms with Crippen molar-refractivity contribution in [1.29, 1.82) is 0 Å². The first-order chi connectivity index (χ1) is 8.85. The van der Waals surface area contributed by atoms with Crippen molar-refractivity contribution in [2.24, 2.45) is 4.99 Å². The van der Waals surface area contributed by atoms with E-state index in [1.54, 1.807) is 0 Å². The van der Waals surface area contributed by atoms with Gasteiger partial charge in [-0.1, -0.05) is 0 Å². The van der Waals surface area contributed by atoms with E-state index in [-0.39, 0.29) is 0 Å². The smallest absolute Gasteiger partial charge is 0.191 e. The Morgan fingerprint density at radius 2 is 1.67 bits per heavy atom. The Morgan fingerprint density at radius 1 is 0.944 bits per heavy atom. The van der Waals surface area contributed by atoms with Gasteiger partial charge in [0.25, 0.3) is 0 Å². The Labute approximate surface area is 111 Å². The fraction of sp³-hybridized carbons (Fsp3) is 0.923. The molecule has 0 amide bonds. The minimum Gasteiger partial charge on any atom is -0.382 e. The summed E-state index contributed by atoms with van der Waals surface area (Å²) in [7, 11) is 0. The quantitative estimate of drug-likeness (QED) is 0.334. The third-order valence-electron chi connectivity index (χ3n) is 2.26. The van der Waals surface area contributed by atoms with Crippen molar-refractivity contribution >= 4 is 5.96 Å². The molecule has 0 bridgehead atoms. The van der Waals surface area contributed by atoms with Gasteiger partial charge in [-0.05, 0) is 33.6 Å². The number of guanidine groups is 1. The van der Waals surface area contributed by atoms with Gasteiger partial charge < -0.3 is 20.1 Å². The zero-order chi connectivity index (χ0) is 13.5. The fourth-order valence-corrected chi connectivity index (χ4v) is 1.38. The molecule has 0 aliphatic heterocycles. The van der Waals surface area contributed by atoms with Crippen molar-refractivity contribution in [3.63, 3.8) is 0 Å². The van der Waals surface area contributed by atoms with Crippen molar-refractivity contribution in [3.05, 3.63) is 0 Å². The first-order valence-corrected chi connectivity index (χ1v) is 7.02. The molecule has 0 aromatic rings. The predicted octanol–water partition coefficient (Wildman–Crippen LogP) is 1.39. The lowest BCUT2D eigenvalue weighted by molar-refractivity contribution is 0.144. The van der Waals surface area contributed by atoms with Gasteiger partial charge in [0.2, 0.25) is 0 Å². The molecule has 108 valence electrons. The van der Waals surface area contributed by atoms with Gasteiger partial charge in [-0.25, -0.2) is 0 Å². The summed E-state index contributed by atoms with van der Waals surface area (Å²) in [6.07, 6.45) is 2.12. The summed E-state index contributed by atoms with van der Waals surface area (Å²) in [6, 6.07) is 0. The average Bonchev–Trinajstić information content (AvgIpc) is 2.38. The number of aliphatic imine (C=N–C) groups is 1. The SMILES string of the molecule is CCNC(=NCCCCOCC)NCCOCC. The summed E-state index contributed by atoms with van der Waals surface area (Å²) in [4.78, 5) is 4.49. The van der Waals surface area contributed by atoms with Crippen LogP contribution in [0.3, 0.4) is 0 Å². The molecule has 0 saturated carbocycles. The van der Waals surface area contributed by atoms with E-state index in [1.165, 1.54) is 0 Å². The van der Waals surface area contributed by atoms with E-state index in [9.17, 15) is 0 Å². The number of ether oxygens (including phenoxy) is 2. The summed E-state index contributed by atoms with van der Waals surface area (Å²) < 4.78 is 10.6. The summed E-state index contributed by atoms with van der Waals surface area (Å²) in [5.74, 6) is 0.869. The van der Waals surface area contributed by atoms with Crippen LogP contribution in [0.15, 0.2) is 4.99 Å². The van der Waals surface area contributed by atoms with Crippen LogP contribution in [0.1, 0.15) is 33.6 Å². The van der Waals surface area contributed by atoms with Crippen molar-refractivity contribution in [2.45, 2.75) is 33.6 Å². The van der Waals surface area contributed by atoms with Gasteiger partial charge in [-0.2, -0.15) is 0 Å². The first kappa shape index (κ1) is 17.2. The van der Waals surface area contributed by atoms with Crippen molar-refractivity contribution in [1.82, 2.24) is 10.6 Å². The molecule has 0 spiro atoms. The molecule has 0 saturated heterocycles. The Bertz CT molecular complexity index is 199. The monoisotopic (exact) mass is 259 g/mol. The second kappa shape index (κ2) is 14.3. The lowest BCUT2D eigenvalue weighted by Crippen LogP contribution is -2.39. The van der Waals surface area contributed by atoms with Gasteiger partial charge >= 0.3 is 0 Å². The third-order valence-corrected chi connectivity index (χ3v) is 2.26. The molecule has 0 rings (SSSR count). The molecule has 0 aromatic carbocycles. The van der Waals surface area contributed by atoms with Gasteiger partial charge in [-0.3, -0.25) is 4.99 Å². The van der Waals surface area contributed by atoms with Crippen LogP contribution in [0.2, 0.25) is 0 Å². The van der Waals surface area contributed by atoms with Gasteiger partial charge in [0.15, 0.2) is 5.96 Å². The lowest BCUT2D eigenvalue weighted by Gasteiger charge is -2.11. The summed E-state index contributed by atoms with van der Waals surface area (Å²) >= 11 is 0. The van der Waals surface area contributed by atoms with Crippen LogP contribution in [0.25, 0.3) is 0 Å². The predicted molar refractivity (Wildman–Crippen MR) is 76.2 cm³/mol. The zero-order valence-corrected chi connectivity index (χ0v) is 12.1. The lowest BCUT2D eigenvalue weighted by atomic mass is 10.3. The summed E-state index contributed by atoms with van der Waals surface area (Å²) in [6.45, 7) is 11.7. The normalized spacial score (nSPS) is 11.6. The number of nitrogens with one attached hydrogen (secondary N) is 2. The summed E-state index contributed by atoms with van der Waals surface area (Å²) in [5, 5.41) is 6.45. The topological polar surface area (TPSA) is 54.9 Å². The Kier molecular flexibility index (Phi) is 13.6. The molecule has 0 heterocycles. The second-order valence-electron chi connectivity index (χ2n) is 3.79. The van der Waals surface area contributed by atoms with E-state index in [1.807, 2.05) is 13.8 Å². The van der Waals surface area contributed by atoms with Crippen LogP contribution in [0, 0.1) is 0 Å². The molecule has 0 unspecified atom stereocenters. The highest BCUT2D eigenvalue weighted by Gasteiger charge is 1.95. The van der Waals surface area contributed by atoms with Crippen LogP contribution < -0.4 is 10.6 Å². The van der Waals surface area contributed by atoms with Crippen molar-refractivity contribution in [3.8, 4) is 0 Å². The molecule has 5 heteroatoms. The molecule has 0 atom stereocenters. The fourth-order valence-electron chi connectivity index (χ4n) is 1.38. The maximum absolute atomic E-state index is 5.28. The molecule has 2 N–H and O–H groups in total. The second-order valence-corrected chi connectivity index (χ2v) is 3.79. The number of unbranched alkanes of at least 4 members (excludes halogenated alkanes) is 1. The molecule has 0 fully saturated rings.